The van der Waals surface area contributed by atoms with Crippen molar-refractivity contribution >= 4 is 27.5 Å². The first-order valence-corrected chi connectivity index (χ1v) is 12.6. The number of anilines is 1. The molecule has 0 unspecified atom stereocenters. The molecule has 1 N–H and O–H groups in total. The topological polar surface area (TPSA) is 86.8 Å². The number of rotatable bonds is 10. The Morgan fingerprint density at radius 3 is 2.16 bits per heavy atom. The van der Waals surface area contributed by atoms with E-state index in [1.807, 2.05) is 50.2 Å². The predicted octanol–water partition coefficient (Wildman–Crippen LogP) is 3.09. The summed E-state index contributed by atoms with van der Waals surface area (Å²) in [4.78, 5) is 27.7. The average molecular weight is 460 g/mol. The Balaban J connectivity index is 2.37. The number of carbonyl (C=O) groups is 2. The molecule has 0 fully saturated rings. The zero-order chi connectivity index (χ0) is 23.9. The predicted molar refractivity (Wildman–Crippen MR) is 128 cm³/mol. The minimum atomic E-state index is -3.73. The molecule has 0 spiro atoms. The standard InChI is InChI=1S/C24H33N3O4S/c1-6-19(3)25-24(29)20(4)26(16-21-13-8-7-9-14-21)23(28)17-27(32(5,30)31)22-15-11-10-12-18(22)2/h7-15,19-20H,6,16-17H2,1-5H3,(H,25,29)/t19-,20-/m0/s1. The fraction of sp³-hybridized carbons (Fsp3) is 0.417. The lowest BCUT2D eigenvalue weighted by atomic mass is 10.1. The second-order valence-corrected chi connectivity index (χ2v) is 9.96. The van der Waals surface area contributed by atoms with Crippen molar-refractivity contribution in [3.63, 3.8) is 0 Å². The zero-order valence-electron chi connectivity index (χ0n) is 19.4. The van der Waals surface area contributed by atoms with Gasteiger partial charge in [-0.1, -0.05) is 55.5 Å². The molecule has 2 rings (SSSR count). The van der Waals surface area contributed by atoms with E-state index in [9.17, 15) is 18.0 Å². The highest BCUT2D eigenvalue weighted by molar-refractivity contribution is 7.92. The van der Waals surface area contributed by atoms with Crippen LogP contribution >= 0.6 is 0 Å². The highest BCUT2D eigenvalue weighted by Crippen LogP contribution is 2.22. The number of aryl methyl sites for hydroxylation is 1. The van der Waals surface area contributed by atoms with Gasteiger partial charge in [0.05, 0.1) is 11.9 Å². The first-order chi connectivity index (χ1) is 15.0. The van der Waals surface area contributed by atoms with Crippen LogP contribution in [0.25, 0.3) is 0 Å². The SMILES string of the molecule is CC[C@H](C)NC(=O)[C@H](C)N(Cc1ccccc1)C(=O)CN(c1ccccc1C)S(C)(=O)=O. The molecular formula is C24H33N3O4S. The molecule has 0 aromatic heterocycles. The number of para-hydroxylation sites is 1. The second kappa shape index (κ2) is 11.1. The van der Waals surface area contributed by atoms with Crippen LogP contribution in [0, 0.1) is 6.92 Å². The van der Waals surface area contributed by atoms with Gasteiger partial charge in [0.25, 0.3) is 0 Å². The zero-order valence-corrected chi connectivity index (χ0v) is 20.2. The number of hydrogen-bond donors (Lipinski definition) is 1. The summed E-state index contributed by atoms with van der Waals surface area (Å²) in [6.07, 6.45) is 1.84. The molecule has 2 amide bonds. The van der Waals surface area contributed by atoms with Gasteiger partial charge in [0, 0.05) is 12.6 Å². The molecule has 32 heavy (non-hydrogen) atoms. The van der Waals surface area contributed by atoms with Crippen LogP contribution in [0.15, 0.2) is 54.6 Å². The van der Waals surface area contributed by atoms with Gasteiger partial charge in [0.1, 0.15) is 12.6 Å². The Morgan fingerprint density at radius 1 is 1.00 bits per heavy atom. The van der Waals surface area contributed by atoms with Crippen LogP contribution in [0.1, 0.15) is 38.3 Å². The molecule has 0 radical (unpaired) electrons. The number of sulfonamides is 1. The van der Waals surface area contributed by atoms with E-state index in [4.69, 9.17) is 0 Å². The van der Waals surface area contributed by atoms with Crippen molar-refractivity contribution in [2.45, 2.75) is 52.7 Å². The lowest BCUT2D eigenvalue weighted by Gasteiger charge is -2.32. The van der Waals surface area contributed by atoms with Gasteiger partial charge in [-0.15, -0.1) is 0 Å². The molecule has 0 aliphatic rings. The summed E-state index contributed by atoms with van der Waals surface area (Å²) in [7, 11) is -3.73. The van der Waals surface area contributed by atoms with Gasteiger partial charge >= 0.3 is 0 Å². The number of carbonyl (C=O) groups excluding carboxylic acids is 2. The number of benzene rings is 2. The van der Waals surface area contributed by atoms with Crippen molar-refractivity contribution in [3.8, 4) is 0 Å². The van der Waals surface area contributed by atoms with E-state index in [0.717, 1.165) is 28.1 Å². The van der Waals surface area contributed by atoms with E-state index in [-0.39, 0.29) is 18.5 Å². The van der Waals surface area contributed by atoms with Crippen molar-refractivity contribution in [2.24, 2.45) is 0 Å². The van der Waals surface area contributed by atoms with E-state index >= 15 is 0 Å². The summed E-state index contributed by atoms with van der Waals surface area (Å²) in [6.45, 7) is 7.13. The fourth-order valence-corrected chi connectivity index (χ4v) is 4.17. The number of hydrogen-bond acceptors (Lipinski definition) is 4. The lowest BCUT2D eigenvalue weighted by Crippen LogP contribution is -2.52. The molecule has 0 heterocycles. The van der Waals surface area contributed by atoms with Crippen molar-refractivity contribution in [1.82, 2.24) is 10.2 Å². The maximum Gasteiger partial charge on any atom is 0.244 e. The van der Waals surface area contributed by atoms with Gasteiger partial charge in [0.15, 0.2) is 0 Å². The van der Waals surface area contributed by atoms with E-state index in [0.29, 0.717) is 5.69 Å². The Morgan fingerprint density at radius 2 is 1.59 bits per heavy atom. The monoisotopic (exact) mass is 459 g/mol. The van der Waals surface area contributed by atoms with E-state index in [1.54, 1.807) is 32.0 Å². The van der Waals surface area contributed by atoms with Crippen LogP contribution < -0.4 is 9.62 Å². The summed E-state index contributed by atoms with van der Waals surface area (Å²) in [5.41, 5.74) is 2.04. The fourth-order valence-electron chi connectivity index (χ4n) is 3.27. The first-order valence-electron chi connectivity index (χ1n) is 10.7. The molecule has 2 aromatic rings. The molecule has 0 saturated carbocycles. The highest BCUT2D eigenvalue weighted by atomic mass is 32.2. The molecule has 0 aliphatic carbocycles. The van der Waals surface area contributed by atoms with Crippen molar-refractivity contribution in [2.75, 3.05) is 17.1 Å². The van der Waals surface area contributed by atoms with Gasteiger partial charge in [-0.05, 0) is 44.4 Å². The van der Waals surface area contributed by atoms with Gasteiger partial charge in [-0.3, -0.25) is 13.9 Å². The van der Waals surface area contributed by atoms with Crippen LogP contribution in [-0.2, 0) is 26.2 Å². The molecule has 2 aromatic carbocycles. The minimum Gasteiger partial charge on any atom is -0.352 e. The Kier molecular flexibility index (Phi) is 8.83. The maximum atomic E-state index is 13.4. The normalized spacial score (nSPS) is 13.2. The Bertz CT molecular complexity index is 1020. The summed E-state index contributed by atoms with van der Waals surface area (Å²) in [6, 6.07) is 15.5. The van der Waals surface area contributed by atoms with Crippen molar-refractivity contribution in [3.05, 3.63) is 65.7 Å². The van der Waals surface area contributed by atoms with Crippen molar-refractivity contribution < 1.29 is 18.0 Å². The maximum absolute atomic E-state index is 13.4. The van der Waals surface area contributed by atoms with Gasteiger partial charge in [-0.2, -0.15) is 0 Å². The van der Waals surface area contributed by atoms with Gasteiger partial charge < -0.3 is 10.2 Å². The summed E-state index contributed by atoms with van der Waals surface area (Å²) < 4.78 is 26.2. The lowest BCUT2D eigenvalue weighted by molar-refractivity contribution is -0.139. The quantitative estimate of drug-likeness (QED) is 0.592. The molecule has 0 bridgehead atoms. The van der Waals surface area contributed by atoms with Crippen LogP contribution in [0.2, 0.25) is 0 Å². The third-order valence-corrected chi connectivity index (χ3v) is 6.55. The molecule has 0 saturated heterocycles. The van der Waals surface area contributed by atoms with Gasteiger partial charge in [-0.25, -0.2) is 8.42 Å². The number of amides is 2. The smallest absolute Gasteiger partial charge is 0.244 e. The first kappa shape index (κ1) is 25.4. The summed E-state index contributed by atoms with van der Waals surface area (Å²) in [5.74, 6) is -0.722. The Labute approximate surface area is 191 Å². The summed E-state index contributed by atoms with van der Waals surface area (Å²) >= 11 is 0. The molecule has 8 heteroatoms. The van der Waals surface area contributed by atoms with E-state index in [2.05, 4.69) is 5.32 Å². The largest absolute Gasteiger partial charge is 0.352 e. The molecule has 2 atom stereocenters. The minimum absolute atomic E-state index is 0.0295. The van der Waals surface area contributed by atoms with Crippen molar-refractivity contribution in [1.29, 1.82) is 0 Å². The molecule has 0 aliphatic heterocycles. The number of nitrogens with one attached hydrogen (secondary N) is 1. The van der Waals surface area contributed by atoms with Crippen LogP contribution in [0.3, 0.4) is 0 Å². The van der Waals surface area contributed by atoms with E-state index < -0.39 is 28.5 Å². The van der Waals surface area contributed by atoms with Crippen LogP contribution in [-0.4, -0.2) is 50.0 Å². The highest BCUT2D eigenvalue weighted by Gasteiger charge is 2.30. The molecular weight excluding hydrogens is 426 g/mol. The average Bonchev–Trinajstić information content (AvgIpc) is 2.75. The number of nitrogens with zero attached hydrogens (tertiary/aromatic N) is 2. The van der Waals surface area contributed by atoms with E-state index in [1.165, 1.54) is 4.90 Å². The molecule has 7 nitrogen and oxygen atoms in total. The van der Waals surface area contributed by atoms with Crippen LogP contribution in [0.5, 0.6) is 0 Å². The molecule has 174 valence electrons. The second-order valence-electron chi connectivity index (χ2n) is 8.06. The third-order valence-electron chi connectivity index (χ3n) is 5.43. The Hall–Kier alpha value is -2.87. The third kappa shape index (κ3) is 6.82. The summed E-state index contributed by atoms with van der Waals surface area (Å²) in [5, 5.41) is 2.91. The van der Waals surface area contributed by atoms with Crippen LogP contribution in [0.4, 0.5) is 5.69 Å². The van der Waals surface area contributed by atoms with Gasteiger partial charge in [0.2, 0.25) is 21.8 Å².